The number of benzene rings is 3. The van der Waals surface area contributed by atoms with E-state index in [-0.39, 0.29) is 29.5 Å². The molecule has 0 bridgehead atoms. The molecule has 42 heavy (non-hydrogen) atoms. The SMILES string of the molecule is O=C(NC(Cc1c[nH]c2ccccc12)C(=O)CCc1cc(C(F)(F)F)cc(C(F)(F)F)c1)Oc1ccc([N+](=O)[O-])cc1. The number of Topliss-reactive ketones (excluding diaryl/α,β-unsaturated/α-hetero) is 1. The van der Waals surface area contributed by atoms with Gasteiger partial charge in [-0.2, -0.15) is 26.3 Å². The highest BCUT2D eigenvalue weighted by Crippen LogP contribution is 2.36. The van der Waals surface area contributed by atoms with E-state index < -0.39 is 59.2 Å². The Labute approximate surface area is 233 Å². The predicted molar refractivity (Wildman–Crippen MR) is 138 cm³/mol. The van der Waals surface area contributed by atoms with Gasteiger partial charge in [0, 0.05) is 42.1 Å². The van der Waals surface area contributed by atoms with Crippen LogP contribution in [0.3, 0.4) is 0 Å². The summed E-state index contributed by atoms with van der Waals surface area (Å²) in [7, 11) is 0. The van der Waals surface area contributed by atoms with Gasteiger partial charge >= 0.3 is 18.4 Å². The zero-order valence-electron chi connectivity index (χ0n) is 21.4. The van der Waals surface area contributed by atoms with E-state index in [4.69, 9.17) is 4.74 Å². The summed E-state index contributed by atoms with van der Waals surface area (Å²) in [5.41, 5.74) is -2.27. The molecule has 14 heteroatoms. The van der Waals surface area contributed by atoms with Crippen LogP contribution in [0.25, 0.3) is 10.9 Å². The molecule has 4 aromatic rings. The first-order valence-corrected chi connectivity index (χ1v) is 12.3. The van der Waals surface area contributed by atoms with Crippen molar-refractivity contribution in [2.75, 3.05) is 0 Å². The third-order valence-electron chi connectivity index (χ3n) is 6.35. The highest BCUT2D eigenvalue weighted by atomic mass is 19.4. The van der Waals surface area contributed by atoms with Crippen LogP contribution in [-0.2, 0) is 30.0 Å². The summed E-state index contributed by atoms with van der Waals surface area (Å²) >= 11 is 0. The van der Waals surface area contributed by atoms with E-state index in [9.17, 15) is 46.0 Å². The third-order valence-corrected chi connectivity index (χ3v) is 6.35. The number of aryl methyl sites for hydroxylation is 1. The minimum absolute atomic E-state index is 0.000889. The van der Waals surface area contributed by atoms with Gasteiger partial charge in [-0.1, -0.05) is 18.2 Å². The minimum Gasteiger partial charge on any atom is -0.410 e. The Bertz CT molecular complexity index is 1580. The number of H-pyrrole nitrogens is 1. The lowest BCUT2D eigenvalue weighted by molar-refractivity contribution is -0.384. The van der Waals surface area contributed by atoms with Gasteiger partial charge in [0.2, 0.25) is 0 Å². The number of fused-ring (bicyclic) bond motifs is 1. The smallest absolute Gasteiger partial charge is 0.410 e. The van der Waals surface area contributed by atoms with Gasteiger partial charge in [-0.25, -0.2) is 4.79 Å². The van der Waals surface area contributed by atoms with Crippen LogP contribution in [0.2, 0.25) is 0 Å². The molecular weight excluding hydrogens is 572 g/mol. The molecule has 0 aliphatic heterocycles. The van der Waals surface area contributed by atoms with Crippen molar-refractivity contribution in [3.63, 3.8) is 0 Å². The van der Waals surface area contributed by atoms with Gasteiger partial charge in [-0.15, -0.1) is 0 Å². The quantitative estimate of drug-likeness (QED) is 0.123. The molecule has 0 saturated carbocycles. The lowest BCUT2D eigenvalue weighted by atomic mass is 9.96. The first-order chi connectivity index (χ1) is 19.7. The molecule has 8 nitrogen and oxygen atoms in total. The zero-order chi connectivity index (χ0) is 30.7. The number of nitrogens with zero attached hydrogens (tertiary/aromatic N) is 1. The summed E-state index contributed by atoms with van der Waals surface area (Å²) < 4.78 is 84.6. The second kappa shape index (κ2) is 11.9. The number of nitrogens with one attached hydrogen (secondary N) is 2. The largest absolute Gasteiger partial charge is 0.416 e. The number of para-hydroxylation sites is 1. The summed E-state index contributed by atoms with van der Waals surface area (Å²) in [6.07, 6.45) is -10.6. The molecule has 1 atom stereocenters. The minimum atomic E-state index is -5.04. The highest BCUT2D eigenvalue weighted by Gasteiger charge is 2.37. The number of alkyl halides is 6. The number of nitro groups is 1. The second-order valence-electron chi connectivity index (χ2n) is 9.28. The molecule has 1 amide bonds. The summed E-state index contributed by atoms with van der Waals surface area (Å²) in [5.74, 6) is -0.744. The van der Waals surface area contributed by atoms with Crippen molar-refractivity contribution in [3.05, 3.63) is 105 Å². The lowest BCUT2D eigenvalue weighted by Gasteiger charge is -2.18. The Balaban J connectivity index is 1.55. The van der Waals surface area contributed by atoms with Gasteiger partial charge in [0.1, 0.15) is 5.75 Å². The van der Waals surface area contributed by atoms with Crippen LogP contribution >= 0.6 is 0 Å². The molecule has 0 spiro atoms. The van der Waals surface area contributed by atoms with Gasteiger partial charge in [-0.05, 0) is 53.9 Å². The average Bonchev–Trinajstić information content (AvgIpc) is 3.33. The van der Waals surface area contributed by atoms with Crippen molar-refractivity contribution >= 4 is 28.5 Å². The molecular formula is C28H21F6N3O5. The van der Waals surface area contributed by atoms with E-state index in [0.29, 0.717) is 17.7 Å². The fourth-order valence-electron chi connectivity index (χ4n) is 4.29. The first-order valence-electron chi connectivity index (χ1n) is 12.3. The van der Waals surface area contributed by atoms with E-state index >= 15 is 0 Å². The van der Waals surface area contributed by atoms with E-state index in [1.807, 2.05) is 0 Å². The molecule has 1 heterocycles. The third kappa shape index (κ3) is 7.44. The average molecular weight is 593 g/mol. The standard InChI is InChI=1S/C28H21F6N3O5/c29-27(30,31)18-11-16(12-19(14-18)28(32,33)34)5-10-25(38)24(13-17-15-35-23-4-2-1-3-22(17)23)36-26(39)42-21-8-6-20(7-9-21)37(40)41/h1-4,6-9,11-12,14-15,24,35H,5,10,13H2,(H,36,39). The van der Waals surface area contributed by atoms with Crippen LogP contribution in [0.4, 0.5) is 36.8 Å². The second-order valence-corrected chi connectivity index (χ2v) is 9.28. The molecule has 0 radical (unpaired) electrons. The van der Waals surface area contributed by atoms with E-state index in [2.05, 4.69) is 10.3 Å². The number of amides is 1. The van der Waals surface area contributed by atoms with Crippen molar-refractivity contribution in [2.45, 2.75) is 37.7 Å². The van der Waals surface area contributed by atoms with Crippen LogP contribution in [0.5, 0.6) is 5.75 Å². The van der Waals surface area contributed by atoms with Crippen LogP contribution < -0.4 is 10.1 Å². The van der Waals surface area contributed by atoms with Gasteiger partial charge in [0.15, 0.2) is 5.78 Å². The number of carbonyl (C=O) groups excluding carboxylic acids is 2. The van der Waals surface area contributed by atoms with Crippen molar-refractivity contribution in [3.8, 4) is 5.75 Å². The Hall–Kier alpha value is -4.88. The Kier molecular flexibility index (Phi) is 8.54. The van der Waals surface area contributed by atoms with E-state index in [1.165, 1.54) is 12.1 Å². The summed E-state index contributed by atoms with van der Waals surface area (Å²) in [6.45, 7) is 0. The number of rotatable bonds is 9. The maximum Gasteiger partial charge on any atom is 0.416 e. The first kappa shape index (κ1) is 30.1. The maximum absolute atomic E-state index is 13.3. The number of halogens is 6. The molecule has 0 fully saturated rings. The topological polar surface area (TPSA) is 114 Å². The molecule has 1 unspecified atom stereocenters. The van der Waals surface area contributed by atoms with Crippen LogP contribution in [0.15, 0.2) is 72.9 Å². The Morgan fingerprint density at radius 2 is 1.55 bits per heavy atom. The van der Waals surface area contributed by atoms with Crippen molar-refractivity contribution < 1.29 is 45.6 Å². The number of non-ortho nitro benzene ring substituents is 1. The highest BCUT2D eigenvalue weighted by molar-refractivity contribution is 5.90. The molecule has 0 saturated heterocycles. The molecule has 2 N–H and O–H groups in total. The summed E-state index contributed by atoms with van der Waals surface area (Å²) in [5, 5.41) is 14.0. The van der Waals surface area contributed by atoms with Crippen LogP contribution in [0.1, 0.15) is 28.7 Å². The fourth-order valence-corrected chi connectivity index (χ4v) is 4.29. The zero-order valence-corrected chi connectivity index (χ0v) is 21.4. The maximum atomic E-state index is 13.3. The normalized spacial score (nSPS) is 12.6. The van der Waals surface area contributed by atoms with E-state index in [1.54, 1.807) is 30.5 Å². The number of ketones is 1. The predicted octanol–water partition coefficient (Wildman–Crippen LogP) is 7.02. The number of aromatic amines is 1. The Morgan fingerprint density at radius 3 is 2.14 bits per heavy atom. The van der Waals surface area contributed by atoms with Crippen molar-refractivity contribution in [1.82, 2.24) is 10.3 Å². The van der Waals surface area contributed by atoms with Crippen molar-refractivity contribution in [1.29, 1.82) is 0 Å². The summed E-state index contributed by atoms with van der Waals surface area (Å²) in [6, 6.07) is 11.4. The lowest BCUT2D eigenvalue weighted by Crippen LogP contribution is -2.43. The van der Waals surface area contributed by atoms with Gasteiger partial charge in [0.25, 0.3) is 5.69 Å². The monoisotopic (exact) mass is 593 g/mol. The van der Waals surface area contributed by atoms with Crippen LogP contribution in [-0.4, -0.2) is 27.8 Å². The molecule has 0 aliphatic carbocycles. The van der Waals surface area contributed by atoms with Crippen LogP contribution in [0, 0.1) is 10.1 Å². The number of carbonyl (C=O) groups is 2. The molecule has 4 rings (SSSR count). The molecule has 0 aliphatic rings. The number of aromatic nitrogens is 1. The van der Waals surface area contributed by atoms with Gasteiger partial charge in [0.05, 0.1) is 22.1 Å². The van der Waals surface area contributed by atoms with Crippen molar-refractivity contribution in [2.24, 2.45) is 0 Å². The summed E-state index contributed by atoms with van der Waals surface area (Å²) in [4.78, 5) is 39.1. The number of nitro benzene ring substituents is 1. The van der Waals surface area contributed by atoms with E-state index in [0.717, 1.165) is 23.0 Å². The number of hydrogen-bond donors (Lipinski definition) is 2. The molecule has 220 valence electrons. The molecule has 3 aromatic carbocycles. The fraction of sp³-hybridized carbons (Fsp3) is 0.214. The molecule has 1 aromatic heterocycles. The number of ether oxygens (including phenoxy) is 1. The Morgan fingerprint density at radius 1 is 0.929 bits per heavy atom. The van der Waals surface area contributed by atoms with Gasteiger partial charge in [-0.3, -0.25) is 14.9 Å². The number of hydrogen-bond acceptors (Lipinski definition) is 5. The van der Waals surface area contributed by atoms with Gasteiger partial charge < -0.3 is 15.0 Å².